The second kappa shape index (κ2) is 8.88. The summed E-state index contributed by atoms with van der Waals surface area (Å²) < 4.78 is 30.9. The molecule has 10 heteroatoms. The summed E-state index contributed by atoms with van der Waals surface area (Å²) in [6.07, 6.45) is 1.56. The molecule has 1 atom stereocenters. The third-order valence-corrected chi connectivity index (χ3v) is 8.41. The van der Waals surface area contributed by atoms with E-state index in [1.54, 1.807) is 38.7 Å². The minimum absolute atomic E-state index is 0.0111. The van der Waals surface area contributed by atoms with Gasteiger partial charge in [-0.1, -0.05) is 40.7 Å². The highest BCUT2D eigenvalue weighted by Gasteiger charge is 2.27. The van der Waals surface area contributed by atoms with E-state index in [2.05, 4.69) is 48.7 Å². The van der Waals surface area contributed by atoms with Crippen molar-refractivity contribution in [1.82, 2.24) is 23.8 Å². The van der Waals surface area contributed by atoms with Gasteiger partial charge in [0.05, 0.1) is 11.6 Å². The molecule has 7 nitrogen and oxygen atoms in total. The number of nitrogens with one attached hydrogen (secondary N) is 1. The first-order valence-corrected chi connectivity index (χ1v) is 12.7. The lowest BCUT2D eigenvalue weighted by Crippen LogP contribution is -2.33. The zero-order chi connectivity index (χ0) is 22.1. The largest absolute Gasteiger partial charge is 0.290 e. The minimum Gasteiger partial charge on any atom is -0.290 e. The van der Waals surface area contributed by atoms with Crippen LogP contribution < -0.4 is 5.32 Å². The predicted octanol–water partition coefficient (Wildman–Crippen LogP) is 4.29. The molecule has 0 bridgehead atoms. The fourth-order valence-corrected chi connectivity index (χ4v) is 6.19. The van der Waals surface area contributed by atoms with E-state index in [-0.39, 0.29) is 16.4 Å². The molecule has 3 aromatic heterocycles. The molecule has 0 saturated carbocycles. The van der Waals surface area contributed by atoms with Crippen LogP contribution in [0, 0.1) is 10.2 Å². The van der Waals surface area contributed by atoms with E-state index in [1.165, 1.54) is 9.18 Å². The quantitative estimate of drug-likeness (QED) is 0.500. The average Bonchev–Trinajstić information content (AvgIpc) is 3.30. The van der Waals surface area contributed by atoms with Gasteiger partial charge in [0, 0.05) is 30.2 Å². The summed E-state index contributed by atoms with van der Waals surface area (Å²) >= 11 is 7.31. The van der Waals surface area contributed by atoms with Crippen LogP contribution in [0.5, 0.6) is 0 Å². The first kappa shape index (κ1) is 23.1. The summed E-state index contributed by atoms with van der Waals surface area (Å²) in [5.41, 5.74) is 0.626. The fraction of sp³-hybridized carbons (Fsp3) is 0.500. The third-order valence-electron chi connectivity index (χ3n) is 5.03. The van der Waals surface area contributed by atoms with Crippen LogP contribution in [0.15, 0.2) is 40.7 Å². The van der Waals surface area contributed by atoms with Crippen molar-refractivity contribution >= 4 is 39.2 Å². The molecule has 3 heterocycles. The third kappa shape index (κ3) is 4.52. The van der Waals surface area contributed by atoms with Gasteiger partial charge < -0.3 is 0 Å². The zero-order valence-electron chi connectivity index (χ0n) is 18.0. The van der Waals surface area contributed by atoms with Gasteiger partial charge >= 0.3 is 0 Å². The van der Waals surface area contributed by atoms with Gasteiger partial charge in [-0.2, -0.15) is 9.40 Å². The molecule has 30 heavy (non-hydrogen) atoms. The maximum Gasteiger partial charge on any atom is 0.244 e. The number of nitrogens with zero attached hydrogens (tertiary/aromatic N) is 4. The molecule has 164 valence electrons. The van der Waals surface area contributed by atoms with E-state index in [0.29, 0.717) is 30.2 Å². The van der Waals surface area contributed by atoms with Gasteiger partial charge in [-0.15, -0.1) is 11.3 Å². The highest BCUT2D eigenvalue weighted by molar-refractivity contribution is 7.89. The summed E-state index contributed by atoms with van der Waals surface area (Å²) in [4.78, 5) is 1.47. The molecule has 0 radical (unpaired) electrons. The Labute approximate surface area is 187 Å². The fourth-order valence-electron chi connectivity index (χ4n) is 3.43. The Hall–Kier alpha value is -1.59. The molecule has 0 aliphatic carbocycles. The number of hydrogen-bond donors (Lipinski definition) is 1. The number of pyridine rings is 1. The smallest absolute Gasteiger partial charge is 0.244 e. The molecule has 0 saturated heterocycles. The molecular formula is C20H29N5O2S3. The molecular weight excluding hydrogens is 438 g/mol. The summed E-state index contributed by atoms with van der Waals surface area (Å²) in [5.74, 6) is 0. The van der Waals surface area contributed by atoms with E-state index in [0.717, 1.165) is 0 Å². The van der Waals surface area contributed by atoms with Crippen LogP contribution >= 0.6 is 23.6 Å². The summed E-state index contributed by atoms with van der Waals surface area (Å²) in [6.45, 7) is 11.5. The Kier molecular flexibility index (Phi) is 6.83. The number of hydrogen-bond acceptors (Lipinski definition) is 6. The number of fused-ring (bicyclic) bond motifs is 1. The summed E-state index contributed by atoms with van der Waals surface area (Å²) in [7, 11) is -3.56. The van der Waals surface area contributed by atoms with E-state index in [1.807, 2.05) is 13.8 Å². The Morgan fingerprint density at radius 2 is 1.93 bits per heavy atom. The van der Waals surface area contributed by atoms with Gasteiger partial charge in [0.2, 0.25) is 14.8 Å². The first-order chi connectivity index (χ1) is 14.1. The number of thiophene rings is 1. The van der Waals surface area contributed by atoms with Crippen molar-refractivity contribution in [3.63, 3.8) is 0 Å². The van der Waals surface area contributed by atoms with Crippen molar-refractivity contribution in [1.29, 1.82) is 0 Å². The molecule has 0 fully saturated rings. The van der Waals surface area contributed by atoms with Crippen molar-refractivity contribution in [2.75, 3.05) is 13.1 Å². The van der Waals surface area contributed by atoms with Crippen LogP contribution in [0.2, 0.25) is 0 Å². The molecule has 0 amide bonds. The van der Waals surface area contributed by atoms with Gasteiger partial charge in [-0.3, -0.25) is 9.72 Å². The van der Waals surface area contributed by atoms with Gasteiger partial charge in [0.15, 0.2) is 5.65 Å². The molecule has 3 aromatic rings. The topological polar surface area (TPSA) is 71.6 Å². The molecule has 3 rings (SSSR count). The van der Waals surface area contributed by atoms with E-state index in [4.69, 9.17) is 12.2 Å². The van der Waals surface area contributed by atoms with E-state index in [9.17, 15) is 8.42 Å². The number of rotatable bonds is 8. The lowest BCUT2D eigenvalue weighted by molar-refractivity contribution is 0.255. The van der Waals surface area contributed by atoms with E-state index < -0.39 is 10.0 Å². The Morgan fingerprint density at radius 3 is 2.50 bits per heavy atom. The van der Waals surface area contributed by atoms with Gasteiger partial charge in [-0.05, 0) is 41.2 Å². The molecule has 0 aromatic carbocycles. The molecule has 1 N–H and O–H groups in total. The lowest BCUT2D eigenvalue weighted by Gasteiger charge is -2.30. The van der Waals surface area contributed by atoms with Crippen molar-refractivity contribution in [2.45, 2.75) is 52.2 Å². The van der Waals surface area contributed by atoms with Crippen LogP contribution in [0.3, 0.4) is 0 Å². The maximum absolute atomic E-state index is 12.9. The van der Waals surface area contributed by atoms with Gasteiger partial charge in [0.25, 0.3) is 0 Å². The molecule has 0 aliphatic rings. The Morgan fingerprint density at radius 1 is 1.23 bits per heavy atom. The lowest BCUT2D eigenvalue weighted by atomic mass is 9.86. The minimum atomic E-state index is -3.56. The highest BCUT2D eigenvalue weighted by Crippen LogP contribution is 2.35. The van der Waals surface area contributed by atoms with Crippen LogP contribution in [-0.4, -0.2) is 40.0 Å². The molecule has 0 spiro atoms. The second-order valence-corrected chi connectivity index (χ2v) is 11.4. The van der Waals surface area contributed by atoms with Crippen LogP contribution in [0.1, 0.15) is 45.5 Å². The maximum atomic E-state index is 12.9. The summed E-state index contributed by atoms with van der Waals surface area (Å²) in [5, 5.41) is 10.2. The first-order valence-electron chi connectivity index (χ1n) is 9.95. The van der Waals surface area contributed by atoms with Crippen LogP contribution in [-0.2, 0) is 16.7 Å². The highest BCUT2D eigenvalue weighted by atomic mass is 32.2. The molecule has 0 aliphatic heterocycles. The van der Waals surface area contributed by atoms with Crippen molar-refractivity contribution in [3.05, 3.63) is 45.5 Å². The standard InChI is InChI=1S/C20H29N5O2S3/c1-6-23(7-2)30(26,27)15-10-11-17-22-25(19(28)24(17)13-15)14-21-18(20(3,4)5)16-9-8-12-29-16/h8-13,18,21H,6-7,14H2,1-5H3. The Balaban J connectivity index is 1.92. The predicted molar refractivity (Wildman–Crippen MR) is 124 cm³/mol. The van der Waals surface area contributed by atoms with Crippen LogP contribution in [0.25, 0.3) is 5.65 Å². The normalized spacial score (nSPS) is 13.9. The molecule has 1 unspecified atom stereocenters. The van der Waals surface area contributed by atoms with E-state index >= 15 is 0 Å². The zero-order valence-corrected chi connectivity index (χ0v) is 20.4. The monoisotopic (exact) mass is 467 g/mol. The SMILES string of the molecule is CCN(CC)S(=O)(=O)c1ccc2nn(CNC(c3cccs3)C(C)(C)C)c(=S)n2c1. The Bertz CT molecular complexity index is 1150. The number of sulfonamides is 1. The van der Waals surface area contributed by atoms with Gasteiger partial charge in [0.1, 0.15) is 0 Å². The second-order valence-electron chi connectivity index (χ2n) is 8.14. The van der Waals surface area contributed by atoms with Crippen molar-refractivity contribution < 1.29 is 8.42 Å². The van der Waals surface area contributed by atoms with Crippen molar-refractivity contribution in [3.8, 4) is 0 Å². The number of aromatic nitrogens is 3. The average molecular weight is 468 g/mol. The van der Waals surface area contributed by atoms with Gasteiger partial charge in [-0.25, -0.2) is 13.1 Å². The van der Waals surface area contributed by atoms with Crippen molar-refractivity contribution in [2.24, 2.45) is 5.41 Å². The summed E-state index contributed by atoms with van der Waals surface area (Å²) in [6, 6.07) is 7.60. The van der Waals surface area contributed by atoms with Crippen LogP contribution in [0.4, 0.5) is 0 Å².